The number of hydrogen-bond donors (Lipinski definition) is 1. The van der Waals surface area contributed by atoms with Crippen LogP contribution in [0.4, 0.5) is 5.13 Å². The molecular weight excluding hydrogens is 380 g/mol. The van der Waals surface area contributed by atoms with Gasteiger partial charge in [-0.1, -0.05) is 0 Å². The standard InChI is InChI=1S/C20H18N2O5S/c1-24-14-5-3-12(4-6-14)15-11-28-20(21-15)22-19(23)13-9-16(25-2)18-17(10-13)26-7-8-27-18/h3-6,9-11H,7-8H2,1-2H3,(H,21,22,23). The normalized spacial score (nSPS) is 12.4. The molecule has 28 heavy (non-hydrogen) atoms. The first-order valence-electron chi connectivity index (χ1n) is 8.57. The third kappa shape index (κ3) is 3.59. The first-order valence-corrected chi connectivity index (χ1v) is 9.45. The molecule has 4 rings (SSSR count). The smallest absolute Gasteiger partial charge is 0.257 e. The van der Waals surface area contributed by atoms with Gasteiger partial charge in [0.1, 0.15) is 19.0 Å². The van der Waals surface area contributed by atoms with Crippen molar-refractivity contribution in [3.05, 3.63) is 47.3 Å². The minimum absolute atomic E-state index is 0.300. The molecule has 3 aromatic rings. The maximum Gasteiger partial charge on any atom is 0.257 e. The number of hydrogen-bond acceptors (Lipinski definition) is 7. The van der Waals surface area contributed by atoms with Gasteiger partial charge in [-0.05, 0) is 36.4 Å². The summed E-state index contributed by atoms with van der Waals surface area (Å²) >= 11 is 1.35. The van der Waals surface area contributed by atoms with E-state index in [2.05, 4.69) is 10.3 Å². The summed E-state index contributed by atoms with van der Waals surface area (Å²) in [5.41, 5.74) is 2.13. The molecule has 8 heteroatoms. The molecule has 0 unspecified atom stereocenters. The van der Waals surface area contributed by atoms with Crippen molar-refractivity contribution >= 4 is 22.4 Å². The van der Waals surface area contributed by atoms with E-state index in [0.29, 0.717) is 41.2 Å². The largest absolute Gasteiger partial charge is 0.497 e. The molecule has 0 saturated heterocycles. The Bertz CT molecular complexity index is 983. The van der Waals surface area contributed by atoms with Crippen LogP contribution in [0.3, 0.4) is 0 Å². The summed E-state index contributed by atoms with van der Waals surface area (Å²) in [5, 5.41) is 5.22. The molecule has 0 radical (unpaired) electrons. The van der Waals surface area contributed by atoms with Crippen LogP contribution in [-0.4, -0.2) is 38.3 Å². The Labute approximate surface area is 165 Å². The zero-order chi connectivity index (χ0) is 19.5. The summed E-state index contributed by atoms with van der Waals surface area (Å²) in [6.07, 6.45) is 0. The van der Waals surface area contributed by atoms with E-state index in [4.69, 9.17) is 18.9 Å². The number of aromatic nitrogens is 1. The summed E-state index contributed by atoms with van der Waals surface area (Å²) in [5.74, 6) is 1.95. The van der Waals surface area contributed by atoms with Crippen molar-refractivity contribution in [2.24, 2.45) is 0 Å². The van der Waals surface area contributed by atoms with Crippen molar-refractivity contribution in [3.8, 4) is 34.3 Å². The Morgan fingerprint density at radius 1 is 1.11 bits per heavy atom. The van der Waals surface area contributed by atoms with Crippen molar-refractivity contribution in [2.45, 2.75) is 0 Å². The average Bonchev–Trinajstić information content (AvgIpc) is 3.21. The molecule has 0 atom stereocenters. The molecule has 0 bridgehead atoms. The Balaban J connectivity index is 1.53. The van der Waals surface area contributed by atoms with E-state index in [0.717, 1.165) is 17.0 Å². The van der Waals surface area contributed by atoms with Gasteiger partial charge < -0.3 is 18.9 Å². The summed E-state index contributed by atoms with van der Waals surface area (Å²) in [4.78, 5) is 17.2. The number of carbonyl (C=O) groups is 1. The van der Waals surface area contributed by atoms with Crippen LogP contribution in [0.5, 0.6) is 23.0 Å². The summed E-state index contributed by atoms with van der Waals surface area (Å²) in [6.45, 7) is 0.876. The van der Waals surface area contributed by atoms with Crippen LogP contribution in [0.15, 0.2) is 41.8 Å². The van der Waals surface area contributed by atoms with E-state index >= 15 is 0 Å². The number of ether oxygens (including phenoxy) is 4. The molecule has 1 aliphatic heterocycles. The third-order valence-corrected chi connectivity index (χ3v) is 4.96. The van der Waals surface area contributed by atoms with Crippen LogP contribution in [0.1, 0.15) is 10.4 Å². The average molecular weight is 398 g/mol. The van der Waals surface area contributed by atoms with Crippen molar-refractivity contribution in [3.63, 3.8) is 0 Å². The first kappa shape index (κ1) is 18.1. The van der Waals surface area contributed by atoms with Gasteiger partial charge in [0.05, 0.1) is 19.9 Å². The fourth-order valence-corrected chi connectivity index (χ4v) is 3.51. The Morgan fingerprint density at radius 2 is 1.89 bits per heavy atom. The molecule has 0 aliphatic carbocycles. The van der Waals surface area contributed by atoms with Gasteiger partial charge in [0.2, 0.25) is 5.75 Å². The monoisotopic (exact) mass is 398 g/mol. The zero-order valence-corrected chi connectivity index (χ0v) is 16.2. The van der Waals surface area contributed by atoms with E-state index in [1.165, 1.54) is 18.4 Å². The highest BCUT2D eigenvalue weighted by Crippen LogP contribution is 2.40. The molecule has 2 aromatic carbocycles. The highest BCUT2D eigenvalue weighted by atomic mass is 32.1. The van der Waals surface area contributed by atoms with E-state index in [9.17, 15) is 4.79 Å². The summed E-state index contributed by atoms with van der Waals surface area (Å²) in [7, 11) is 3.15. The molecule has 0 saturated carbocycles. The quantitative estimate of drug-likeness (QED) is 0.703. The van der Waals surface area contributed by atoms with Crippen LogP contribution in [0, 0.1) is 0 Å². The SMILES string of the molecule is COc1ccc(-c2csc(NC(=O)c3cc(OC)c4c(c3)OCCO4)n2)cc1. The van der Waals surface area contributed by atoms with E-state index in [1.807, 2.05) is 29.6 Å². The van der Waals surface area contributed by atoms with Gasteiger partial charge >= 0.3 is 0 Å². The predicted octanol–water partition coefficient (Wildman–Crippen LogP) is 3.85. The Morgan fingerprint density at radius 3 is 2.64 bits per heavy atom. The highest BCUT2D eigenvalue weighted by Gasteiger charge is 2.21. The minimum Gasteiger partial charge on any atom is -0.497 e. The Kier molecular flexibility index (Phi) is 5.03. The van der Waals surface area contributed by atoms with Crippen LogP contribution < -0.4 is 24.3 Å². The van der Waals surface area contributed by atoms with E-state index in [1.54, 1.807) is 19.2 Å². The Hall–Kier alpha value is -3.26. The third-order valence-electron chi connectivity index (χ3n) is 4.20. The number of methoxy groups -OCH3 is 2. The fraction of sp³-hybridized carbons (Fsp3) is 0.200. The molecule has 0 fully saturated rings. The predicted molar refractivity (Wildman–Crippen MR) is 106 cm³/mol. The second-order valence-corrected chi connectivity index (χ2v) is 6.78. The number of nitrogens with one attached hydrogen (secondary N) is 1. The number of anilines is 1. The van der Waals surface area contributed by atoms with Gasteiger partial charge in [-0.2, -0.15) is 0 Å². The van der Waals surface area contributed by atoms with Crippen molar-refractivity contribution in [2.75, 3.05) is 32.8 Å². The van der Waals surface area contributed by atoms with Gasteiger partial charge in [0, 0.05) is 16.5 Å². The van der Waals surface area contributed by atoms with Gasteiger partial charge in [-0.25, -0.2) is 4.98 Å². The number of fused-ring (bicyclic) bond motifs is 1. The number of thiazole rings is 1. The van der Waals surface area contributed by atoms with Gasteiger partial charge in [0.25, 0.3) is 5.91 Å². The lowest BCUT2D eigenvalue weighted by Crippen LogP contribution is -2.18. The maximum absolute atomic E-state index is 12.7. The van der Waals surface area contributed by atoms with Crippen LogP contribution in [0.25, 0.3) is 11.3 Å². The molecule has 2 heterocycles. The molecule has 1 N–H and O–H groups in total. The fourth-order valence-electron chi connectivity index (χ4n) is 2.80. The molecular formula is C20H18N2O5S. The number of nitrogens with zero attached hydrogens (tertiary/aromatic N) is 1. The van der Waals surface area contributed by atoms with Crippen molar-refractivity contribution in [1.82, 2.24) is 4.98 Å². The molecule has 144 valence electrons. The van der Waals surface area contributed by atoms with Crippen LogP contribution in [-0.2, 0) is 0 Å². The minimum atomic E-state index is -0.300. The van der Waals surface area contributed by atoms with Crippen LogP contribution in [0.2, 0.25) is 0 Å². The van der Waals surface area contributed by atoms with Crippen molar-refractivity contribution < 1.29 is 23.7 Å². The molecule has 0 spiro atoms. The molecule has 1 aromatic heterocycles. The summed E-state index contributed by atoms with van der Waals surface area (Å²) in [6, 6.07) is 10.9. The number of amides is 1. The highest BCUT2D eigenvalue weighted by molar-refractivity contribution is 7.14. The summed E-state index contributed by atoms with van der Waals surface area (Å²) < 4.78 is 21.6. The lowest BCUT2D eigenvalue weighted by molar-refractivity contribution is 0.102. The molecule has 7 nitrogen and oxygen atoms in total. The molecule has 1 amide bonds. The van der Waals surface area contributed by atoms with Gasteiger partial charge in [-0.15, -0.1) is 11.3 Å². The maximum atomic E-state index is 12.7. The number of rotatable bonds is 5. The van der Waals surface area contributed by atoms with Crippen molar-refractivity contribution in [1.29, 1.82) is 0 Å². The van der Waals surface area contributed by atoms with Gasteiger partial charge in [0.15, 0.2) is 16.6 Å². The zero-order valence-electron chi connectivity index (χ0n) is 15.4. The first-order chi connectivity index (χ1) is 13.7. The lowest BCUT2D eigenvalue weighted by atomic mass is 10.1. The van der Waals surface area contributed by atoms with E-state index < -0.39 is 0 Å². The van der Waals surface area contributed by atoms with Crippen LogP contribution >= 0.6 is 11.3 Å². The molecule has 1 aliphatic rings. The lowest BCUT2D eigenvalue weighted by Gasteiger charge is -2.21. The second-order valence-electron chi connectivity index (χ2n) is 5.92. The number of carbonyl (C=O) groups excluding carboxylic acids is 1. The topological polar surface area (TPSA) is 78.9 Å². The van der Waals surface area contributed by atoms with Gasteiger partial charge in [-0.3, -0.25) is 10.1 Å². The second kappa shape index (κ2) is 7.77. The van der Waals surface area contributed by atoms with E-state index in [-0.39, 0.29) is 5.91 Å². The number of benzene rings is 2.